The molecule has 0 spiro atoms. The molecule has 2 fully saturated rings. The van der Waals surface area contributed by atoms with Crippen molar-refractivity contribution in [3.63, 3.8) is 0 Å². The van der Waals surface area contributed by atoms with Crippen molar-refractivity contribution in [2.45, 2.75) is 37.6 Å². The molecule has 0 unspecified atom stereocenters. The summed E-state index contributed by atoms with van der Waals surface area (Å²) in [5, 5.41) is 8.89. The molecule has 1 saturated carbocycles. The molecule has 1 aromatic heterocycles. The minimum atomic E-state index is 0.0280. The molecule has 2 aliphatic rings. The highest BCUT2D eigenvalue weighted by Gasteiger charge is 2.32. The van der Waals surface area contributed by atoms with Crippen molar-refractivity contribution >= 4 is 17.5 Å². The number of likely N-dealkylation sites (tertiary alicyclic amines) is 1. The minimum Gasteiger partial charge on any atom is -0.338 e. The van der Waals surface area contributed by atoms with Crippen LogP contribution in [0.5, 0.6) is 0 Å². The van der Waals surface area contributed by atoms with Crippen LogP contribution in [-0.2, 0) is 0 Å². The van der Waals surface area contributed by atoms with Gasteiger partial charge in [-0.05, 0) is 37.8 Å². The normalized spacial score (nSPS) is 19.1. The number of amides is 1. The highest BCUT2D eigenvalue weighted by atomic mass is 35.5. The summed E-state index contributed by atoms with van der Waals surface area (Å²) in [6.45, 7) is 1.49. The first-order chi connectivity index (χ1) is 11.2. The van der Waals surface area contributed by atoms with E-state index in [9.17, 15) is 4.79 Å². The van der Waals surface area contributed by atoms with Gasteiger partial charge in [-0.15, -0.1) is 10.2 Å². The van der Waals surface area contributed by atoms with E-state index in [-0.39, 0.29) is 5.91 Å². The number of halogens is 1. The van der Waals surface area contributed by atoms with Crippen molar-refractivity contribution < 1.29 is 4.79 Å². The summed E-state index contributed by atoms with van der Waals surface area (Å²) in [4.78, 5) is 14.5. The molecule has 120 valence electrons. The van der Waals surface area contributed by atoms with Gasteiger partial charge in [0.05, 0.1) is 10.6 Å². The van der Waals surface area contributed by atoms with Gasteiger partial charge in [-0.3, -0.25) is 4.79 Å². The first-order valence-electron chi connectivity index (χ1n) is 8.17. The maximum absolute atomic E-state index is 12.6. The first kappa shape index (κ1) is 14.7. The third-order valence-corrected chi connectivity index (χ3v) is 5.12. The molecule has 0 atom stereocenters. The lowest BCUT2D eigenvalue weighted by atomic mass is 10.0. The highest BCUT2D eigenvalue weighted by molar-refractivity contribution is 6.33. The van der Waals surface area contributed by atoms with Gasteiger partial charge >= 0.3 is 0 Å². The summed E-state index contributed by atoms with van der Waals surface area (Å²) >= 11 is 6.14. The lowest BCUT2D eigenvalue weighted by Crippen LogP contribution is -2.39. The van der Waals surface area contributed by atoms with E-state index in [2.05, 4.69) is 14.8 Å². The molecule has 0 radical (unpaired) electrons. The molecule has 0 bridgehead atoms. The van der Waals surface area contributed by atoms with Crippen LogP contribution in [-0.4, -0.2) is 38.7 Å². The second kappa shape index (κ2) is 5.96. The van der Waals surface area contributed by atoms with E-state index < -0.39 is 0 Å². The Balaban J connectivity index is 1.44. The number of carbonyl (C=O) groups is 1. The van der Waals surface area contributed by atoms with Crippen LogP contribution in [0.15, 0.2) is 30.6 Å². The van der Waals surface area contributed by atoms with Gasteiger partial charge in [0.25, 0.3) is 5.91 Å². The molecule has 1 aromatic carbocycles. The van der Waals surface area contributed by atoms with Gasteiger partial charge in [-0.25, -0.2) is 0 Å². The van der Waals surface area contributed by atoms with Gasteiger partial charge in [-0.1, -0.05) is 23.7 Å². The zero-order chi connectivity index (χ0) is 15.8. The summed E-state index contributed by atoms with van der Waals surface area (Å²) in [7, 11) is 0. The van der Waals surface area contributed by atoms with Crippen LogP contribution in [0, 0.1) is 0 Å². The molecule has 1 amide bonds. The van der Waals surface area contributed by atoms with Crippen molar-refractivity contribution in [3.05, 3.63) is 47.0 Å². The Bertz CT molecular complexity index is 717. The molecule has 6 heteroatoms. The molecule has 1 saturated heterocycles. The zero-order valence-electron chi connectivity index (χ0n) is 12.9. The summed E-state index contributed by atoms with van der Waals surface area (Å²) < 4.78 is 2.23. The fraction of sp³-hybridized carbons (Fsp3) is 0.471. The van der Waals surface area contributed by atoms with Gasteiger partial charge in [0.15, 0.2) is 0 Å². The first-order valence-corrected chi connectivity index (χ1v) is 8.55. The molecule has 4 rings (SSSR count). The maximum atomic E-state index is 12.6. The van der Waals surface area contributed by atoms with Crippen LogP contribution in [0.25, 0.3) is 0 Å². The average molecular weight is 331 g/mol. The summed E-state index contributed by atoms with van der Waals surface area (Å²) in [5.41, 5.74) is 0.593. The molecule has 2 aromatic rings. The zero-order valence-corrected chi connectivity index (χ0v) is 13.6. The van der Waals surface area contributed by atoms with Crippen LogP contribution in [0.1, 0.15) is 53.8 Å². The lowest BCUT2D eigenvalue weighted by molar-refractivity contribution is 0.0693. The highest BCUT2D eigenvalue weighted by Crippen LogP contribution is 2.40. The van der Waals surface area contributed by atoms with Crippen LogP contribution in [0.4, 0.5) is 0 Å². The molecule has 1 aliphatic heterocycles. The van der Waals surface area contributed by atoms with E-state index in [4.69, 9.17) is 11.6 Å². The third-order valence-electron chi connectivity index (χ3n) is 4.79. The topological polar surface area (TPSA) is 51.0 Å². The van der Waals surface area contributed by atoms with Crippen LogP contribution >= 0.6 is 11.6 Å². The Morgan fingerprint density at radius 2 is 1.87 bits per heavy atom. The fourth-order valence-electron chi connectivity index (χ4n) is 3.32. The molecular weight excluding hydrogens is 312 g/mol. The van der Waals surface area contributed by atoms with Crippen molar-refractivity contribution in [2.24, 2.45) is 0 Å². The smallest absolute Gasteiger partial charge is 0.255 e. The number of carbonyl (C=O) groups excluding carboxylic acids is 1. The van der Waals surface area contributed by atoms with E-state index in [1.165, 1.54) is 12.8 Å². The lowest BCUT2D eigenvalue weighted by Gasteiger charge is -2.33. The monoisotopic (exact) mass is 330 g/mol. The molecule has 1 aliphatic carbocycles. The number of hydrogen-bond donors (Lipinski definition) is 0. The Labute approximate surface area is 140 Å². The number of benzene rings is 1. The second-order valence-corrected chi connectivity index (χ2v) is 6.78. The van der Waals surface area contributed by atoms with E-state index in [1.54, 1.807) is 12.1 Å². The van der Waals surface area contributed by atoms with E-state index in [0.717, 1.165) is 31.8 Å². The fourth-order valence-corrected chi connectivity index (χ4v) is 3.54. The van der Waals surface area contributed by atoms with Crippen molar-refractivity contribution in [2.75, 3.05) is 13.1 Å². The molecule has 0 N–H and O–H groups in total. The molecule has 5 nitrogen and oxygen atoms in total. The van der Waals surface area contributed by atoms with Crippen molar-refractivity contribution in [3.8, 4) is 0 Å². The number of nitrogens with zero attached hydrogens (tertiary/aromatic N) is 4. The predicted molar refractivity (Wildman–Crippen MR) is 87.6 cm³/mol. The number of piperidine rings is 1. The summed E-state index contributed by atoms with van der Waals surface area (Å²) in [6, 6.07) is 7.65. The molecule has 23 heavy (non-hydrogen) atoms. The molecular formula is C17H19ClN4O. The quantitative estimate of drug-likeness (QED) is 0.867. The second-order valence-electron chi connectivity index (χ2n) is 6.37. The van der Waals surface area contributed by atoms with Gasteiger partial charge < -0.3 is 9.47 Å². The Hall–Kier alpha value is -1.88. The maximum Gasteiger partial charge on any atom is 0.255 e. The van der Waals surface area contributed by atoms with Gasteiger partial charge in [0.1, 0.15) is 12.2 Å². The van der Waals surface area contributed by atoms with Crippen molar-refractivity contribution in [1.82, 2.24) is 19.7 Å². The SMILES string of the molecule is O=C(c1ccccc1Cl)N1CCC(n2cnnc2C2CC2)CC1. The van der Waals surface area contributed by atoms with Crippen LogP contribution in [0.2, 0.25) is 5.02 Å². The minimum absolute atomic E-state index is 0.0280. The summed E-state index contributed by atoms with van der Waals surface area (Å²) in [5.74, 6) is 1.75. The number of rotatable bonds is 3. The largest absolute Gasteiger partial charge is 0.338 e. The van der Waals surface area contributed by atoms with Crippen molar-refractivity contribution in [1.29, 1.82) is 0 Å². The van der Waals surface area contributed by atoms with E-state index >= 15 is 0 Å². The average Bonchev–Trinajstić information content (AvgIpc) is 3.32. The van der Waals surface area contributed by atoms with E-state index in [0.29, 0.717) is 22.5 Å². The number of hydrogen-bond acceptors (Lipinski definition) is 3. The van der Waals surface area contributed by atoms with Gasteiger partial charge in [0, 0.05) is 25.0 Å². The van der Waals surface area contributed by atoms with E-state index in [1.807, 2.05) is 23.4 Å². The standard InChI is InChI=1S/C17H19ClN4O/c18-15-4-2-1-3-14(15)17(23)21-9-7-13(8-10-21)22-11-19-20-16(22)12-5-6-12/h1-4,11-13H,5-10H2. The molecule has 2 heterocycles. The van der Waals surface area contributed by atoms with Gasteiger partial charge in [-0.2, -0.15) is 0 Å². The van der Waals surface area contributed by atoms with Gasteiger partial charge in [0.2, 0.25) is 0 Å². The Morgan fingerprint density at radius 1 is 1.13 bits per heavy atom. The Kier molecular flexibility index (Phi) is 3.81. The third kappa shape index (κ3) is 2.85. The number of aromatic nitrogens is 3. The van der Waals surface area contributed by atoms with Crippen LogP contribution in [0.3, 0.4) is 0 Å². The Morgan fingerprint density at radius 3 is 2.57 bits per heavy atom. The summed E-state index contributed by atoms with van der Waals surface area (Å²) in [6.07, 6.45) is 6.18. The predicted octanol–water partition coefficient (Wildman–Crippen LogP) is 3.29. The van der Waals surface area contributed by atoms with Crippen LogP contribution < -0.4 is 0 Å².